The Morgan fingerprint density at radius 2 is 1.79 bits per heavy atom. The summed E-state index contributed by atoms with van der Waals surface area (Å²) in [7, 11) is 0.348. The van der Waals surface area contributed by atoms with Gasteiger partial charge in [-0.05, 0) is 77.4 Å². The molecule has 2 fully saturated rings. The van der Waals surface area contributed by atoms with Gasteiger partial charge in [-0.3, -0.25) is 4.79 Å². The number of likely N-dealkylation sites (tertiary alicyclic amines) is 1. The molecule has 1 aromatic carbocycles. The Kier molecular flexibility index (Phi) is 6.47. The van der Waals surface area contributed by atoms with Gasteiger partial charge >= 0.3 is 0 Å². The van der Waals surface area contributed by atoms with Crippen LogP contribution in [0.2, 0.25) is 0 Å². The fourth-order valence-corrected chi connectivity index (χ4v) is 6.02. The predicted molar refractivity (Wildman–Crippen MR) is 111 cm³/mol. The van der Waals surface area contributed by atoms with E-state index in [0.29, 0.717) is 12.1 Å². The summed E-state index contributed by atoms with van der Waals surface area (Å²) in [5, 5.41) is 0. The number of benzene rings is 1. The van der Waals surface area contributed by atoms with Gasteiger partial charge in [0.15, 0.2) is 0 Å². The minimum Gasteiger partial charge on any atom is -0.339 e. The maximum absolute atomic E-state index is 13.2. The highest BCUT2D eigenvalue weighted by molar-refractivity contribution is 7.89. The zero-order valence-corrected chi connectivity index (χ0v) is 18.3. The fraction of sp³-hybridized carbons (Fsp3) is 0.667. The second-order valence-corrected chi connectivity index (χ2v) is 10.3. The lowest BCUT2D eigenvalue weighted by molar-refractivity contribution is 0.0658. The van der Waals surface area contributed by atoms with Crippen LogP contribution in [0.15, 0.2) is 23.1 Å². The molecule has 6 nitrogen and oxygen atoms in total. The van der Waals surface area contributed by atoms with Crippen molar-refractivity contribution in [3.05, 3.63) is 29.3 Å². The lowest BCUT2D eigenvalue weighted by atomic mass is 10.0. The van der Waals surface area contributed by atoms with E-state index in [1.165, 1.54) is 0 Å². The van der Waals surface area contributed by atoms with Crippen LogP contribution in [0.5, 0.6) is 0 Å². The molecule has 1 amide bonds. The standard InChI is InChI=1S/C21H33N3O3S/c1-16-8-9-19(28(26,27)24-12-6-5-7-17(24)2)15-20(16)21(25)23(4)18-10-13-22(3)14-11-18/h8-9,15,17-18H,5-7,10-14H2,1-4H3. The molecule has 0 N–H and O–H groups in total. The van der Waals surface area contributed by atoms with Crippen molar-refractivity contribution >= 4 is 15.9 Å². The molecule has 0 radical (unpaired) electrons. The predicted octanol–water partition coefficient (Wildman–Crippen LogP) is 2.72. The molecule has 0 aromatic heterocycles. The summed E-state index contributed by atoms with van der Waals surface area (Å²) >= 11 is 0. The van der Waals surface area contributed by atoms with Gasteiger partial charge in [-0.1, -0.05) is 12.5 Å². The Labute approximate surface area is 169 Å². The second-order valence-electron chi connectivity index (χ2n) is 8.39. The molecule has 0 spiro atoms. The van der Waals surface area contributed by atoms with Gasteiger partial charge in [-0.25, -0.2) is 8.42 Å². The first-order chi connectivity index (χ1) is 13.2. The Hall–Kier alpha value is -1.44. The number of hydrogen-bond acceptors (Lipinski definition) is 4. The maximum Gasteiger partial charge on any atom is 0.254 e. The van der Waals surface area contributed by atoms with Crippen LogP contribution in [-0.4, -0.2) is 74.2 Å². The summed E-state index contributed by atoms with van der Waals surface area (Å²) in [6.07, 6.45) is 4.73. The van der Waals surface area contributed by atoms with Crippen molar-refractivity contribution in [1.82, 2.24) is 14.1 Å². The van der Waals surface area contributed by atoms with Crippen molar-refractivity contribution in [3.8, 4) is 0 Å². The summed E-state index contributed by atoms with van der Waals surface area (Å²) in [6.45, 7) is 6.34. The highest BCUT2D eigenvalue weighted by Gasteiger charge is 2.32. The van der Waals surface area contributed by atoms with Crippen molar-refractivity contribution in [2.24, 2.45) is 0 Å². The van der Waals surface area contributed by atoms with E-state index in [1.54, 1.807) is 27.4 Å². The number of amides is 1. The summed E-state index contributed by atoms with van der Waals surface area (Å²) in [6, 6.07) is 5.18. The number of aryl methyl sites for hydroxylation is 1. The van der Waals surface area contributed by atoms with Gasteiger partial charge in [0.05, 0.1) is 4.90 Å². The first kappa shape index (κ1) is 21.3. The molecule has 1 aromatic rings. The Morgan fingerprint density at radius 3 is 2.43 bits per heavy atom. The summed E-state index contributed by atoms with van der Waals surface area (Å²) in [5.41, 5.74) is 1.31. The smallest absolute Gasteiger partial charge is 0.254 e. The molecule has 3 rings (SSSR count). The quantitative estimate of drug-likeness (QED) is 0.770. The topological polar surface area (TPSA) is 60.9 Å². The largest absolute Gasteiger partial charge is 0.339 e. The number of hydrogen-bond donors (Lipinski definition) is 0. The van der Waals surface area contributed by atoms with Crippen LogP contribution in [0.4, 0.5) is 0 Å². The second kappa shape index (κ2) is 8.51. The summed E-state index contributed by atoms with van der Waals surface area (Å²) in [5.74, 6) is -0.0872. The maximum atomic E-state index is 13.2. The van der Waals surface area contributed by atoms with Crippen molar-refractivity contribution in [1.29, 1.82) is 0 Å². The number of sulfonamides is 1. The van der Waals surface area contributed by atoms with Gasteiger partial charge in [-0.2, -0.15) is 4.31 Å². The van der Waals surface area contributed by atoms with E-state index in [2.05, 4.69) is 11.9 Å². The number of nitrogens with zero attached hydrogens (tertiary/aromatic N) is 3. The fourth-order valence-electron chi connectivity index (χ4n) is 4.29. The van der Waals surface area contributed by atoms with Crippen LogP contribution >= 0.6 is 0 Å². The highest BCUT2D eigenvalue weighted by atomic mass is 32.2. The van der Waals surface area contributed by atoms with E-state index in [4.69, 9.17) is 0 Å². The van der Waals surface area contributed by atoms with Gasteiger partial charge < -0.3 is 9.80 Å². The molecule has 28 heavy (non-hydrogen) atoms. The Bertz CT molecular complexity index is 816. The zero-order chi connectivity index (χ0) is 20.5. The molecule has 2 heterocycles. The van der Waals surface area contributed by atoms with Crippen LogP contribution < -0.4 is 0 Å². The minimum absolute atomic E-state index is 0.00102. The summed E-state index contributed by atoms with van der Waals surface area (Å²) in [4.78, 5) is 17.5. The van der Waals surface area contributed by atoms with Crippen LogP contribution in [0.3, 0.4) is 0 Å². The lowest BCUT2D eigenvalue weighted by Crippen LogP contribution is -2.44. The average Bonchev–Trinajstić information content (AvgIpc) is 2.68. The molecule has 2 aliphatic rings. The molecule has 7 heteroatoms. The Morgan fingerprint density at radius 1 is 1.11 bits per heavy atom. The molecule has 1 atom stereocenters. The van der Waals surface area contributed by atoms with Gasteiger partial charge in [0, 0.05) is 31.2 Å². The van der Waals surface area contributed by atoms with Gasteiger partial charge in [0.2, 0.25) is 10.0 Å². The molecule has 156 valence electrons. The SMILES string of the molecule is Cc1ccc(S(=O)(=O)N2CCCCC2C)cc1C(=O)N(C)C1CCN(C)CC1. The van der Waals surface area contributed by atoms with E-state index < -0.39 is 10.0 Å². The molecule has 0 saturated carbocycles. The van der Waals surface area contributed by atoms with Gasteiger partial charge in [0.1, 0.15) is 0 Å². The first-order valence-corrected chi connectivity index (χ1v) is 11.7. The molecular formula is C21H33N3O3S. The molecule has 0 aliphatic carbocycles. The van der Waals surface area contributed by atoms with Crippen LogP contribution in [0, 0.1) is 6.92 Å². The van der Waals surface area contributed by atoms with E-state index in [1.807, 2.05) is 20.9 Å². The third-order valence-electron chi connectivity index (χ3n) is 6.34. The van der Waals surface area contributed by atoms with E-state index >= 15 is 0 Å². The van der Waals surface area contributed by atoms with E-state index in [-0.39, 0.29) is 22.9 Å². The average molecular weight is 408 g/mol. The molecule has 2 saturated heterocycles. The third kappa shape index (κ3) is 4.26. The monoisotopic (exact) mass is 407 g/mol. The number of piperidine rings is 2. The van der Waals surface area contributed by atoms with Crippen LogP contribution in [0.25, 0.3) is 0 Å². The zero-order valence-electron chi connectivity index (χ0n) is 17.5. The van der Waals surface area contributed by atoms with Crippen molar-refractivity contribution in [2.45, 2.75) is 62.9 Å². The van der Waals surface area contributed by atoms with Crippen LogP contribution in [0.1, 0.15) is 54.9 Å². The molecule has 1 unspecified atom stereocenters. The van der Waals surface area contributed by atoms with E-state index in [0.717, 1.165) is 50.8 Å². The van der Waals surface area contributed by atoms with Crippen molar-refractivity contribution < 1.29 is 13.2 Å². The van der Waals surface area contributed by atoms with Crippen molar-refractivity contribution in [3.63, 3.8) is 0 Å². The van der Waals surface area contributed by atoms with Crippen LogP contribution in [-0.2, 0) is 10.0 Å². The van der Waals surface area contributed by atoms with Gasteiger partial charge in [0.25, 0.3) is 5.91 Å². The Balaban J connectivity index is 1.85. The molecule has 2 aliphatic heterocycles. The number of carbonyl (C=O) groups excluding carboxylic acids is 1. The third-order valence-corrected chi connectivity index (χ3v) is 8.35. The lowest BCUT2D eigenvalue weighted by Gasteiger charge is -2.35. The van der Waals surface area contributed by atoms with Crippen molar-refractivity contribution in [2.75, 3.05) is 33.7 Å². The molecular weight excluding hydrogens is 374 g/mol. The normalized spacial score (nSPS) is 22.9. The van der Waals surface area contributed by atoms with Gasteiger partial charge in [-0.15, -0.1) is 0 Å². The first-order valence-electron chi connectivity index (χ1n) is 10.3. The minimum atomic E-state index is -3.59. The highest BCUT2D eigenvalue weighted by Crippen LogP contribution is 2.27. The number of carbonyl (C=O) groups is 1. The number of rotatable bonds is 4. The van der Waals surface area contributed by atoms with E-state index in [9.17, 15) is 13.2 Å². The summed E-state index contributed by atoms with van der Waals surface area (Å²) < 4.78 is 28.0. The molecule has 0 bridgehead atoms.